The van der Waals surface area contributed by atoms with E-state index >= 15 is 0 Å². The van der Waals surface area contributed by atoms with Gasteiger partial charge < -0.3 is 0 Å². The Morgan fingerprint density at radius 1 is 1.11 bits per heavy atom. The second kappa shape index (κ2) is 8.04. The summed E-state index contributed by atoms with van der Waals surface area (Å²) >= 11 is 8.58. The van der Waals surface area contributed by atoms with Crippen molar-refractivity contribution in [2.24, 2.45) is 0 Å². The average Bonchev–Trinajstić information content (AvgIpc) is 2.37. The fraction of sp³-hybridized carbons (Fsp3) is 0.600. The van der Waals surface area contributed by atoms with Gasteiger partial charge in [-0.25, -0.2) is 0 Å². The molecule has 0 N–H and O–H groups in total. The number of benzene rings is 1. The van der Waals surface area contributed by atoms with Gasteiger partial charge in [0, 0.05) is 0 Å². The molecule has 0 aliphatic heterocycles. The van der Waals surface area contributed by atoms with Crippen LogP contribution >= 0.6 is 11.6 Å². The van der Waals surface area contributed by atoms with E-state index < -0.39 is 0 Å². The number of ether oxygens (including phenoxy) is 2. The van der Waals surface area contributed by atoms with Gasteiger partial charge in [0.2, 0.25) is 0 Å². The van der Waals surface area contributed by atoms with Crippen LogP contribution in [-0.4, -0.2) is 28.2 Å². The van der Waals surface area contributed by atoms with Crippen molar-refractivity contribution in [1.29, 1.82) is 0 Å². The van der Waals surface area contributed by atoms with Gasteiger partial charge in [-0.3, -0.25) is 0 Å². The molecule has 0 aromatic heterocycles. The molecule has 1 aromatic carbocycles. The van der Waals surface area contributed by atoms with E-state index in [0.717, 1.165) is 28.8 Å². The van der Waals surface area contributed by atoms with Gasteiger partial charge in [-0.05, 0) is 0 Å². The molecule has 1 aliphatic rings. The second-order valence-corrected chi connectivity index (χ2v) is 6.09. The standard InChI is InChI=1S/C15H20ClO2Se/c16-11-17-14-10-13(8-9-15(14)19)18-12-6-4-2-1-3-5-7-12/h8-10,12H,1-7,11H2. The molecule has 19 heavy (non-hydrogen) atoms. The molecule has 0 unspecified atom stereocenters. The summed E-state index contributed by atoms with van der Waals surface area (Å²) < 4.78 is 12.4. The molecule has 1 fully saturated rings. The van der Waals surface area contributed by atoms with Gasteiger partial charge in [0.15, 0.2) is 0 Å². The summed E-state index contributed by atoms with van der Waals surface area (Å²) in [4.78, 5) is 0. The zero-order valence-electron chi connectivity index (χ0n) is 11.1. The molecule has 1 aromatic rings. The van der Waals surface area contributed by atoms with Crippen molar-refractivity contribution in [2.75, 3.05) is 6.07 Å². The molecule has 1 aliphatic carbocycles. The van der Waals surface area contributed by atoms with Crippen LogP contribution in [0.15, 0.2) is 18.2 Å². The molecule has 2 nitrogen and oxygen atoms in total. The van der Waals surface area contributed by atoms with E-state index in [0.29, 0.717) is 6.10 Å². The molecule has 0 bridgehead atoms. The third-order valence-electron chi connectivity index (χ3n) is 3.48. The van der Waals surface area contributed by atoms with E-state index in [1.54, 1.807) is 0 Å². The van der Waals surface area contributed by atoms with Crippen LogP contribution in [0, 0.1) is 0 Å². The van der Waals surface area contributed by atoms with Crippen molar-refractivity contribution < 1.29 is 9.47 Å². The molecule has 0 heterocycles. The predicted octanol–water partition coefficient (Wildman–Crippen LogP) is 3.55. The topological polar surface area (TPSA) is 18.5 Å². The molecule has 4 heteroatoms. The Morgan fingerprint density at radius 3 is 2.47 bits per heavy atom. The van der Waals surface area contributed by atoms with E-state index in [9.17, 15) is 0 Å². The number of hydrogen-bond acceptors (Lipinski definition) is 2. The van der Waals surface area contributed by atoms with Gasteiger partial charge in [-0.15, -0.1) is 0 Å². The number of rotatable bonds is 4. The molecule has 105 valence electrons. The van der Waals surface area contributed by atoms with Crippen molar-refractivity contribution in [3.8, 4) is 11.5 Å². The second-order valence-electron chi connectivity index (χ2n) is 4.95. The van der Waals surface area contributed by atoms with Crippen LogP contribution in [0.2, 0.25) is 0 Å². The minimum absolute atomic E-state index is 0.154. The van der Waals surface area contributed by atoms with E-state index in [4.69, 9.17) is 21.1 Å². The molecule has 1 saturated carbocycles. The Kier molecular flexibility index (Phi) is 6.36. The van der Waals surface area contributed by atoms with Crippen molar-refractivity contribution >= 4 is 32.1 Å². The van der Waals surface area contributed by atoms with Gasteiger partial charge in [0.05, 0.1) is 0 Å². The average molecular weight is 347 g/mol. The Labute approximate surface area is 128 Å². The summed E-state index contributed by atoms with van der Waals surface area (Å²) in [7, 11) is 0. The van der Waals surface area contributed by atoms with Gasteiger partial charge in [-0.1, -0.05) is 0 Å². The maximum absolute atomic E-state index is 6.10. The van der Waals surface area contributed by atoms with Crippen molar-refractivity contribution in [1.82, 2.24) is 0 Å². The van der Waals surface area contributed by atoms with Crippen LogP contribution in [0.1, 0.15) is 44.9 Å². The third kappa shape index (κ3) is 4.91. The van der Waals surface area contributed by atoms with E-state index in [2.05, 4.69) is 16.0 Å². The van der Waals surface area contributed by atoms with Gasteiger partial charge in [-0.2, -0.15) is 0 Å². The number of hydrogen-bond donors (Lipinski definition) is 0. The molecule has 1 radical (unpaired) electrons. The minimum atomic E-state index is 0.154. The molecular weight excluding hydrogens is 327 g/mol. The van der Waals surface area contributed by atoms with Crippen LogP contribution in [0.5, 0.6) is 11.5 Å². The van der Waals surface area contributed by atoms with Crippen LogP contribution in [-0.2, 0) is 0 Å². The van der Waals surface area contributed by atoms with Crippen molar-refractivity contribution in [2.45, 2.75) is 51.0 Å². The molecule has 2 rings (SSSR count). The first kappa shape index (κ1) is 15.0. The normalized spacial score (nSPS) is 17.5. The first-order valence-electron chi connectivity index (χ1n) is 6.96. The molecule has 0 saturated heterocycles. The first-order chi connectivity index (χ1) is 9.29. The number of alkyl halides is 1. The summed E-state index contributed by atoms with van der Waals surface area (Å²) in [6.07, 6.45) is 9.26. The zero-order chi connectivity index (χ0) is 13.5. The van der Waals surface area contributed by atoms with Crippen LogP contribution in [0.25, 0.3) is 0 Å². The summed E-state index contributed by atoms with van der Waals surface area (Å²) in [5.41, 5.74) is 0. The Morgan fingerprint density at radius 2 is 1.79 bits per heavy atom. The quantitative estimate of drug-likeness (QED) is 0.613. The van der Waals surface area contributed by atoms with Gasteiger partial charge in [0.1, 0.15) is 0 Å². The van der Waals surface area contributed by atoms with Gasteiger partial charge >= 0.3 is 128 Å². The van der Waals surface area contributed by atoms with E-state index in [-0.39, 0.29) is 6.07 Å². The fourth-order valence-electron chi connectivity index (χ4n) is 2.46. The Hall–Kier alpha value is -0.371. The third-order valence-corrected chi connectivity index (χ3v) is 4.30. The molecular formula is C15H20ClO2Se. The van der Waals surface area contributed by atoms with Crippen molar-refractivity contribution in [3.05, 3.63) is 18.2 Å². The summed E-state index contributed by atoms with van der Waals surface area (Å²) in [6.45, 7) is 0. The van der Waals surface area contributed by atoms with Gasteiger partial charge in [0.25, 0.3) is 0 Å². The molecule has 0 amide bonds. The molecule has 0 spiro atoms. The van der Waals surface area contributed by atoms with Crippen LogP contribution < -0.4 is 13.9 Å². The Balaban J connectivity index is 1.98. The fourth-order valence-corrected chi connectivity index (χ4v) is 2.97. The zero-order valence-corrected chi connectivity index (χ0v) is 13.5. The summed E-state index contributed by atoms with van der Waals surface area (Å²) in [5, 5.41) is 0. The first-order valence-corrected chi connectivity index (χ1v) is 8.35. The van der Waals surface area contributed by atoms with Crippen LogP contribution in [0.4, 0.5) is 0 Å². The van der Waals surface area contributed by atoms with Crippen LogP contribution in [0.3, 0.4) is 0 Å². The predicted molar refractivity (Wildman–Crippen MR) is 79.9 cm³/mol. The van der Waals surface area contributed by atoms with E-state index in [1.807, 2.05) is 18.2 Å². The Bertz CT molecular complexity index is 390. The maximum atomic E-state index is 6.10. The molecule has 0 atom stereocenters. The summed E-state index contributed by atoms with van der Waals surface area (Å²) in [6, 6.07) is 6.04. The van der Waals surface area contributed by atoms with E-state index in [1.165, 1.54) is 32.1 Å². The SMILES string of the molecule is ClCOc1cc(OC2CCCCCCC2)ccc1[Se]. The number of halogens is 1. The summed E-state index contributed by atoms with van der Waals surface area (Å²) in [5.74, 6) is 1.64. The monoisotopic (exact) mass is 347 g/mol. The van der Waals surface area contributed by atoms with Crippen molar-refractivity contribution in [3.63, 3.8) is 0 Å².